The molecule has 0 aromatic rings. The lowest BCUT2D eigenvalue weighted by atomic mass is 10.00. The van der Waals surface area contributed by atoms with Gasteiger partial charge in [0.2, 0.25) is 5.91 Å². The maximum Gasteiger partial charge on any atom is 0.328 e. The Hall–Kier alpha value is -1.83. The van der Waals surface area contributed by atoms with Crippen molar-refractivity contribution in [1.82, 2.24) is 20.0 Å². The van der Waals surface area contributed by atoms with E-state index in [0.29, 0.717) is 13.1 Å². The summed E-state index contributed by atoms with van der Waals surface area (Å²) in [6.07, 6.45) is 0. The number of aliphatic carboxylic acids is 1. The molecular weight excluding hydrogens is 276 g/mol. The number of urea groups is 1. The molecule has 0 aliphatic carbocycles. The number of carbonyl (C=O) groups is 3. The molecule has 0 spiro atoms. The van der Waals surface area contributed by atoms with Crippen LogP contribution < -0.4 is 5.32 Å². The van der Waals surface area contributed by atoms with Crippen LogP contribution in [0.1, 0.15) is 13.8 Å². The Kier molecular flexibility index (Phi) is 4.08. The van der Waals surface area contributed by atoms with E-state index in [1.807, 2.05) is 20.9 Å². The van der Waals surface area contributed by atoms with Crippen molar-refractivity contribution in [2.24, 2.45) is 0 Å². The predicted molar refractivity (Wildman–Crippen MR) is 74.8 cm³/mol. The standard InChI is InChI=1S/C13H22N4O4/c1-13(2)8-16(5-4-15(13)3)12(21)17-7-10(18)14-6-9(17)11(19)20/h9H,4-8H2,1-3H3,(H,14,18)(H,19,20). The molecule has 0 aromatic carbocycles. The third-order valence-corrected chi connectivity index (χ3v) is 4.30. The van der Waals surface area contributed by atoms with Gasteiger partial charge < -0.3 is 15.3 Å². The molecule has 118 valence electrons. The minimum absolute atomic E-state index is 0.0446. The summed E-state index contributed by atoms with van der Waals surface area (Å²) in [5.74, 6) is -1.43. The molecule has 0 radical (unpaired) electrons. The number of hydrogen-bond donors (Lipinski definition) is 2. The lowest BCUT2D eigenvalue weighted by molar-refractivity contribution is -0.144. The minimum atomic E-state index is -1.10. The average Bonchev–Trinajstić information content (AvgIpc) is 2.40. The van der Waals surface area contributed by atoms with Crippen LogP contribution in [0.25, 0.3) is 0 Å². The van der Waals surface area contributed by atoms with E-state index in [0.717, 1.165) is 11.4 Å². The van der Waals surface area contributed by atoms with Gasteiger partial charge >= 0.3 is 12.0 Å². The molecule has 2 N–H and O–H groups in total. The summed E-state index contributed by atoms with van der Waals surface area (Å²) in [6, 6.07) is -1.38. The average molecular weight is 298 g/mol. The summed E-state index contributed by atoms with van der Waals surface area (Å²) in [6.45, 7) is 5.57. The van der Waals surface area contributed by atoms with Crippen LogP contribution in [-0.2, 0) is 9.59 Å². The van der Waals surface area contributed by atoms with Crippen LogP contribution in [-0.4, -0.2) is 89.1 Å². The fraction of sp³-hybridized carbons (Fsp3) is 0.769. The molecule has 2 rings (SSSR count). The van der Waals surface area contributed by atoms with E-state index in [-0.39, 0.29) is 30.6 Å². The first-order chi connectivity index (χ1) is 9.72. The molecule has 8 heteroatoms. The summed E-state index contributed by atoms with van der Waals surface area (Å²) >= 11 is 0. The Morgan fingerprint density at radius 3 is 2.57 bits per heavy atom. The molecule has 0 bridgehead atoms. The van der Waals surface area contributed by atoms with Gasteiger partial charge in [-0.2, -0.15) is 0 Å². The fourth-order valence-corrected chi connectivity index (χ4v) is 2.65. The highest BCUT2D eigenvalue weighted by Crippen LogP contribution is 2.20. The van der Waals surface area contributed by atoms with Crippen molar-refractivity contribution in [2.75, 3.05) is 39.8 Å². The third kappa shape index (κ3) is 3.10. The second kappa shape index (κ2) is 5.51. The number of likely N-dealkylation sites (N-methyl/N-ethyl adjacent to an activating group) is 1. The first-order valence-electron chi connectivity index (χ1n) is 6.98. The fourth-order valence-electron chi connectivity index (χ4n) is 2.65. The molecule has 2 aliphatic rings. The predicted octanol–water partition coefficient (Wildman–Crippen LogP) is -0.983. The van der Waals surface area contributed by atoms with Gasteiger partial charge in [-0.25, -0.2) is 9.59 Å². The first kappa shape index (κ1) is 15.6. The normalized spacial score (nSPS) is 26.4. The van der Waals surface area contributed by atoms with Crippen molar-refractivity contribution in [3.05, 3.63) is 0 Å². The molecule has 2 heterocycles. The molecule has 0 aromatic heterocycles. The smallest absolute Gasteiger partial charge is 0.328 e. The summed E-state index contributed by atoms with van der Waals surface area (Å²) in [5, 5.41) is 11.7. The number of carbonyl (C=O) groups excluding carboxylic acids is 2. The van der Waals surface area contributed by atoms with Crippen LogP contribution in [0.2, 0.25) is 0 Å². The van der Waals surface area contributed by atoms with Gasteiger partial charge in [0, 0.05) is 31.7 Å². The number of rotatable bonds is 1. The molecule has 3 amide bonds. The van der Waals surface area contributed by atoms with Gasteiger partial charge in [0.05, 0.1) is 0 Å². The Bertz CT molecular complexity index is 465. The van der Waals surface area contributed by atoms with Crippen molar-refractivity contribution < 1.29 is 19.5 Å². The molecule has 0 saturated carbocycles. The third-order valence-electron chi connectivity index (χ3n) is 4.30. The Morgan fingerprint density at radius 2 is 2.00 bits per heavy atom. The van der Waals surface area contributed by atoms with Crippen LogP contribution >= 0.6 is 0 Å². The van der Waals surface area contributed by atoms with Crippen LogP contribution in [0.4, 0.5) is 4.79 Å². The van der Waals surface area contributed by atoms with Gasteiger partial charge in [-0.3, -0.25) is 14.6 Å². The molecule has 2 fully saturated rings. The highest BCUT2D eigenvalue weighted by atomic mass is 16.4. The lowest BCUT2D eigenvalue weighted by Gasteiger charge is -2.47. The Labute approximate surface area is 123 Å². The maximum atomic E-state index is 12.6. The summed E-state index contributed by atoms with van der Waals surface area (Å²) in [4.78, 5) is 40.3. The van der Waals surface area contributed by atoms with Gasteiger partial charge in [0.1, 0.15) is 12.6 Å². The number of carboxylic acid groups (broad SMARTS) is 1. The molecule has 8 nitrogen and oxygen atoms in total. The second-order valence-electron chi connectivity index (χ2n) is 6.22. The number of amides is 3. The molecule has 21 heavy (non-hydrogen) atoms. The molecule has 2 saturated heterocycles. The van der Waals surface area contributed by atoms with E-state index in [4.69, 9.17) is 0 Å². The topological polar surface area (TPSA) is 93.2 Å². The zero-order valence-corrected chi connectivity index (χ0v) is 12.6. The van der Waals surface area contributed by atoms with Crippen molar-refractivity contribution in [2.45, 2.75) is 25.4 Å². The van der Waals surface area contributed by atoms with E-state index in [1.165, 1.54) is 0 Å². The van der Waals surface area contributed by atoms with Crippen molar-refractivity contribution >= 4 is 17.9 Å². The van der Waals surface area contributed by atoms with E-state index >= 15 is 0 Å². The molecular formula is C13H22N4O4. The first-order valence-corrected chi connectivity index (χ1v) is 6.98. The van der Waals surface area contributed by atoms with Crippen LogP contribution in [0.3, 0.4) is 0 Å². The lowest BCUT2D eigenvalue weighted by Crippen LogP contribution is -2.66. The summed E-state index contributed by atoms with van der Waals surface area (Å²) < 4.78 is 0. The van der Waals surface area contributed by atoms with Crippen LogP contribution in [0, 0.1) is 0 Å². The van der Waals surface area contributed by atoms with E-state index < -0.39 is 12.0 Å². The van der Waals surface area contributed by atoms with E-state index in [1.54, 1.807) is 4.90 Å². The zero-order valence-electron chi connectivity index (χ0n) is 12.6. The Morgan fingerprint density at radius 1 is 1.33 bits per heavy atom. The monoisotopic (exact) mass is 298 g/mol. The van der Waals surface area contributed by atoms with Crippen LogP contribution in [0.5, 0.6) is 0 Å². The second-order valence-corrected chi connectivity index (χ2v) is 6.22. The number of carboxylic acids is 1. The summed E-state index contributed by atoms with van der Waals surface area (Å²) in [7, 11) is 2.00. The number of nitrogens with one attached hydrogen (secondary N) is 1. The SMILES string of the molecule is CN1CCN(C(=O)N2CC(=O)NCC2C(=O)O)CC1(C)C. The van der Waals surface area contributed by atoms with Gasteiger partial charge in [-0.05, 0) is 20.9 Å². The minimum Gasteiger partial charge on any atom is -0.480 e. The number of piperazine rings is 2. The number of nitrogens with zero attached hydrogens (tertiary/aromatic N) is 3. The highest BCUT2D eigenvalue weighted by molar-refractivity contribution is 5.90. The zero-order chi connectivity index (χ0) is 15.8. The van der Waals surface area contributed by atoms with Gasteiger partial charge in [-0.1, -0.05) is 0 Å². The quantitative estimate of drug-likeness (QED) is 0.649. The summed E-state index contributed by atoms with van der Waals surface area (Å²) in [5.41, 5.74) is -0.176. The largest absolute Gasteiger partial charge is 0.480 e. The Balaban J connectivity index is 2.13. The molecule has 1 atom stereocenters. The van der Waals surface area contributed by atoms with Crippen molar-refractivity contribution in [1.29, 1.82) is 0 Å². The van der Waals surface area contributed by atoms with Crippen molar-refractivity contribution in [3.63, 3.8) is 0 Å². The van der Waals surface area contributed by atoms with E-state index in [2.05, 4.69) is 10.2 Å². The van der Waals surface area contributed by atoms with Gasteiger partial charge in [-0.15, -0.1) is 0 Å². The molecule has 2 aliphatic heterocycles. The van der Waals surface area contributed by atoms with Gasteiger partial charge in [0.15, 0.2) is 0 Å². The van der Waals surface area contributed by atoms with Gasteiger partial charge in [0.25, 0.3) is 0 Å². The van der Waals surface area contributed by atoms with E-state index in [9.17, 15) is 19.5 Å². The highest BCUT2D eigenvalue weighted by Gasteiger charge is 2.40. The maximum absolute atomic E-state index is 12.6. The number of hydrogen-bond acceptors (Lipinski definition) is 4. The van der Waals surface area contributed by atoms with Crippen molar-refractivity contribution in [3.8, 4) is 0 Å². The molecule has 1 unspecified atom stereocenters. The van der Waals surface area contributed by atoms with Crippen LogP contribution in [0.15, 0.2) is 0 Å².